The number of unbranched alkanes of at least 4 members (excludes halogenated alkanes) is 1. The molecule has 0 aliphatic heterocycles. The van der Waals surface area contributed by atoms with Crippen LogP contribution in [0.3, 0.4) is 0 Å². The summed E-state index contributed by atoms with van der Waals surface area (Å²) in [7, 11) is 5.72. The van der Waals surface area contributed by atoms with Gasteiger partial charge in [-0.1, -0.05) is 30.7 Å². The Balaban J connectivity index is 4.08. The number of quaternary nitrogens is 1. The molecule has 0 bridgehead atoms. The summed E-state index contributed by atoms with van der Waals surface area (Å²) in [6.07, 6.45) is 9.00. The Morgan fingerprint density at radius 3 is 2.44 bits per heavy atom. The summed E-state index contributed by atoms with van der Waals surface area (Å²) < 4.78 is 5.78. The Morgan fingerprint density at radius 2 is 1.88 bits per heavy atom. The summed E-state index contributed by atoms with van der Waals surface area (Å²) in [6, 6.07) is 0. The lowest BCUT2D eigenvalue weighted by Crippen LogP contribution is -2.45. The summed E-state index contributed by atoms with van der Waals surface area (Å²) in [5.41, 5.74) is 0. The fourth-order valence-electron chi connectivity index (χ4n) is 2.38. The van der Waals surface area contributed by atoms with Gasteiger partial charge in [-0.15, -0.1) is 0 Å². The summed E-state index contributed by atoms with van der Waals surface area (Å²) in [5, 5.41) is 20.6. The monoisotopic (exact) mass is 355 g/mol. The molecule has 0 aromatic heterocycles. The van der Waals surface area contributed by atoms with Crippen molar-refractivity contribution in [2.75, 3.05) is 27.7 Å². The molecule has 2 atom stereocenters. The molecule has 0 spiro atoms. The molecule has 0 radical (unpaired) electrons. The van der Waals surface area contributed by atoms with Crippen LogP contribution in [0.2, 0.25) is 0 Å². The summed E-state index contributed by atoms with van der Waals surface area (Å²) in [4.78, 5) is 22.7. The Kier molecular flexibility index (Phi) is 11.8. The van der Waals surface area contributed by atoms with Gasteiger partial charge in [-0.25, -0.2) is 0 Å². The molecule has 0 saturated carbocycles. The minimum atomic E-state index is -1.22. The molecule has 0 aromatic carbocycles. The number of ether oxygens (including phenoxy) is 1. The van der Waals surface area contributed by atoms with Gasteiger partial charge in [0.05, 0.1) is 27.2 Å². The fraction of sp³-hybridized carbons (Fsp3) is 0.684. The molecule has 1 N–H and O–H groups in total. The highest BCUT2D eigenvalue weighted by molar-refractivity contribution is 5.70. The van der Waals surface area contributed by atoms with Crippen LogP contribution in [0.1, 0.15) is 45.4 Å². The molecule has 6 nitrogen and oxygen atoms in total. The van der Waals surface area contributed by atoms with E-state index in [1.54, 1.807) is 0 Å². The molecule has 144 valence electrons. The predicted molar refractivity (Wildman–Crippen MR) is 95.4 cm³/mol. The first-order valence-electron chi connectivity index (χ1n) is 8.79. The van der Waals surface area contributed by atoms with Crippen LogP contribution in [0.5, 0.6) is 0 Å². The van der Waals surface area contributed by atoms with Gasteiger partial charge in [0.2, 0.25) is 0 Å². The van der Waals surface area contributed by atoms with Gasteiger partial charge < -0.3 is 24.2 Å². The maximum atomic E-state index is 11.9. The van der Waals surface area contributed by atoms with Gasteiger partial charge in [0.25, 0.3) is 0 Å². The first-order chi connectivity index (χ1) is 11.6. The van der Waals surface area contributed by atoms with E-state index in [-0.39, 0.29) is 12.8 Å². The third kappa shape index (κ3) is 15.6. The molecule has 0 amide bonds. The van der Waals surface area contributed by atoms with Crippen molar-refractivity contribution in [1.29, 1.82) is 0 Å². The molecule has 0 saturated heterocycles. The number of aliphatic hydroxyl groups excluding tert-OH is 1. The quantitative estimate of drug-likeness (QED) is 0.232. The van der Waals surface area contributed by atoms with Crippen molar-refractivity contribution < 1.29 is 29.0 Å². The number of hydrogen-bond donors (Lipinski definition) is 1. The summed E-state index contributed by atoms with van der Waals surface area (Å²) >= 11 is 0. The van der Waals surface area contributed by atoms with Crippen LogP contribution < -0.4 is 5.11 Å². The topological polar surface area (TPSA) is 86.7 Å². The average molecular weight is 355 g/mol. The Labute approximate surface area is 151 Å². The molecule has 0 heterocycles. The van der Waals surface area contributed by atoms with Gasteiger partial charge in [-0.05, 0) is 26.2 Å². The SMILES string of the molecule is C/C=C/C=C/CC(O)CCCCC(=O)OC(CC(=O)[O-])C[N+](C)(C)C. The number of nitrogens with zero attached hydrogens (tertiary/aromatic N) is 1. The first-order valence-corrected chi connectivity index (χ1v) is 8.79. The second kappa shape index (κ2) is 12.7. The molecule has 6 heteroatoms. The van der Waals surface area contributed by atoms with E-state index < -0.39 is 24.1 Å². The number of carbonyl (C=O) groups excluding carboxylic acids is 2. The number of carbonyl (C=O) groups is 2. The van der Waals surface area contributed by atoms with Gasteiger partial charge in [-0.2, -0.15) is 0 Å². The third-order valence-corrected chi connectivity index (χ3v) is 3.46. The second-order valence-electron chi connectivity index (χ2n) is 7.25. The van der Waals surface area contributed by atoms with Crippen molar-refractivity contribution >= 4 is 11.9 Å². The number of allylic oxidation sites excluding steroid dienone is 3. The van der Waals surface area contributed by atoms with Crippen LogP contribution in [0.4, 0.5) is 0 Å². The van der Waals surface area contributed by atoms with Crippen LogP contribution in [0.15, 0.2) is 24.3 Å². The van der Waals surface area contributed by atoms with Crippen LogP contribution in [0.25, 0.3) is 0 Å². The van der Waals surface area contributed by atoms with Crippen LogP contribution in [-0.4, -0.2) is 61.4 Å². The molecular weight excluding hydrogens is 322 g/mol. The second-order valence-corrected chi connectivity index (χ2v) is 7.25. The zero-order valence-electron chi connectivity index (χ0n) is 15.9. The van der Waals surface area contributed by atoms with E-state index in [1.807, 2.05) is 52.4 Å². The fourth-order valence-corrected chi connectivity index (χ4v) is 2.38. The van der Waals surface area contributed by atoms with E-state index in [0.717, 1.165) is 0 Å². The van der Waals surface area contributed by atoms with Gasteiger partial charge in [0.1, 0.15) is 6.54 Å². The Morgan fingerprint density at radius 1 is 1.20 bits per heavy atom. The molecular formula is C19H33NO5. The molecule has 0 aliphatic carbocycles. The number of aliphatic carboxylic acids is 1. The van der Waals surface area contributed by atoms with Crippen molar-refractivity contribution in [2.45, 2.75) is 57.7 Å². The van der Waals surface area contributed by atoms with Crippen LogP contribution >= 0.6 is 0 Å². The highest BCUT2D eigenvalue weighted by Crippen LogP contribution is 2.10. The number of hydrogen-bond acceptors (Lipinski definition) is 5. The third-order valence-electron chi connectivity index (χ3n) is 3.46. The number of aliphatic hydroxyl groups is 1. The number of carboxylic acid groups (broad SMARTS) is 1. The smallest absolute Gasteiger partial charge is 0.306 e. The number of rotatable bonds is 13. The Hall–Kier alpha value is -1.66. The minimum absolute atomic E-state index is 0.224. The highest BCUT2D eigenvalue weighted by atomic mass is 16.5. The maximum Gasteiger partial charge on any atom is 0.306 e. The van der Waals surface area contributed by atoms with E-state index in [1.165, 1.54) is 0 Å². The maximum absolute atomic E-state index is 11.9. The number of likely N-dealkylation sites (N-methyl/N-ethyl adjacent to an activating group) is 1. The first kappa shape index (κ1) is 23.3. The van der Waals surface area contributed by atoms with Crippen molar-refractivity contribution in [3.8, 4) is 0 Å². The molecule has 0 rings (SSSR count). The zero-order chi connectivity index (χ0) is 19.3. The van der Waals surface area contributed by atoms with Crippen LogP contribution in [0, 0.1) is 0 Å². The lowest BCUT2D eigenvalue weighted by Gasteiger charge is -2.29. The van der Waals surface area contributed by atoms with Crippen molar-refractivity contribution in [2.24, 2.45) is 0 Å². The molecule has 25 heavy (non-hydrogen) atoms. The van der Waals surface area contributed by atoms with E-state index in [4.69, 9.17) is 4.74 Å². The van der Waals surface area contributed by atoms with Crippen molar-refractivity contribution in [3.05, 3.63) is 24.3 Å². The largest absolute Gasteiger partial charge is 0.550 e. The van der Waals surface area contributed by atoms with E-state index in [2.05, 4.69) is 0 Å². The summed E-state index contributed by atoms with van der Waals surface area (Å²) in [5.74, 6) is -1.62. The van der Waals surface area contributed by atoms with E-state index in [0.29, 0.717) is 36.7 Å². The zero-order valence-corrected chi connectivity index (χ0v) is 15.9. The van der Waals surface area contributed by atoms with Gasteiger partial charge in [0.15, 0.2) is 6.10 Å². The average Bonchev–Trinajstić information content (AvgIpc) is 2.45. The summed E-state index contributed by atoms with van der Waals surface area (Å²) in [6.45, 7) is 2.34. The molecule has 0 aromatic rings. The van der Waals surface area contributed by atoms with E-state index >= 15 is 0 Å². The van der Waals surface area contributed by atoms with Gasteiger partial charge in [-0.3, -0.25) is 4.79 Å². The lowest BCUT2D eigenvalue weighted by atomic mass is 10.1. The normalized spacial score (nSPS) is 14.8. The highest BCUT2D eigenvalue weighted by Gasteiger charge is 2.22. The Bertz CT molecular complexity index is 451. The number of esters is 1. The van der Waals surface area contributed by atoms with E-state index in [9.17, 15) is 19.8 Å². The van der Waals surface area contributed by atoms with Gasteiger partial charge in [0, 0.05) is 18.8 Å². The standard InChI is InChI=1S/C19H33NO5/c1-5-6-7-8-11-16(21)12-9-10-13-19(24)25-17(14-18(22)23)15-20(2,3)4/h5-8,16-17,21H,9-15H2,1-4H3/b6-5+,8-7+. The van der Waals surface area contributed by atoms with Gasteiger partial charge >= 0.3 is 5.97 Å². The minimum Gasteiger partial charge on any atom is -0.550 e. The predicted octanol–water partition coefficient (Wildman–Crippen LogP) is 1.19. The van der Waals surface area contributed by atoms with Crippen molar-refractivity contribution in [3.63, 3.8) is 0 Å². The lowest BCUT2D eigenvalue weighted by molar-refractivity contribution is -0.873. The molecule has 0 aliphatic rings. The van der Waals surface area contributed by atoms with Crippen molar-refractivity contribution in [1.82, 2.24) is 0 Å². The number of carboxylic acids is 1. The van der Waals surface area contributed by atoms with Crippen LogP contribution in [-0.2, 0) is 14.3 Å². The molecule has 2 unspecified atom stereocenters. The molecule has 0 fully saturated rings.